The minimum absolute atomic E-state index is 0.0202. The minimum Gasteiger partial charge on any atom is -0.399 e. The van der Waals surface area contributed by atoms with E-state index < -0.39 is 18.8 Å². The van der Waals surface area contributed by atoms with Crippen LogP contribution < -0.4 is 5.73 Å². The van der Waals surface area contributed by atoms with Gasteiger partial charge in [-0.25, -0.2) is 0 Å². The van der Waals surface area contributed by atoms with Gasteiger partial charge in [0.1, 0.15) is 0 Å². The molecule has 19 heavy (non-hydrogen) atoms. The second kappa shape index (κ2) is 5.38. The van der Waals surface area contributed by atoms with Gasteiger partial charge in [-0.1, -0.05) is 12.1 Å². The highest BCUT2D eigenvalue weighted by molar-refractivity contribution is 5.41. The summed E-state index contributed by atoms with van der Waals surface area (Å²) < 4.78 is 37.4. The number of hydrogen-bond acceptors (Lipinski definition) is 3. The molecule has 0 radical (unpaired) electrons. The predicted octanol–water partition coefficient (Wildman–Crippen LogP) is 2.33. The standard InChI is InChI=1S/C13H17F3N2O/c14-13(15,16)8-18(11-4-5-11)7-12(19)9-2-1-3-10(17)6-9/h1-3,6,11-12,19H,4-5,7-8,17H2. The number of halogens is 3. The molecule has 1 aromatic carbocycles. The monoisotopic (exact) mass is 274 g/mol. The molecule has 0 amide bonds. The molecule has 0 saturated heterocycles. The van der Waals surface area contributed by atoms with Gasteiger partial charge in [-0.15, -0.1) is 0 Å². The number of aliphatic hydroxyl groups is 1. The first kappa shape index (κ1) is 14.1. The van der Waals surface area contributed by atoms with Gasteiger partial charge in [-0.3, -0.25) is 4.90 Å². The number of aliphatic hydroxyl groups excluding tert-OH is 1. The number of alkyl halides is 3. The van der Waals surface area contributed by atoms with Crippen LogP contribution in [-0.4, -0.2) is 35.3 Å². The van der Waals surface area contributed by atoms with E-state index in [-0.39, 0.29) is 12.6 Å². The zero-order chi connectivity index (χ0) is 14.0. The quantitative estimate of drug-likeness (QED) is 0.810. The Morgan fingerprint density at radius 3 is 2.58 bits per heavy atom. The predicted molar refractivity (Wildman–Crippen MR) is 66.5 cm³/mol. The van der Waals surface area contributed by atoms with Crippen molar-refractivity contribution in [2.45, 2.75) is 31.2 Å². The van der Waals surface area contributed by atoms with Crippen molar-refractivity contribution in [3.63, 3.8) is 0 Å². The lowest BCUT2D eigenvalue weighted by Gasteiger charge is -2.26. The van der Waals surface area contributed by atoms with Gasteiger partial charge in [0.05, 0.1) is 12.6 Å². The summed E-state index contributed by atoms with van der Waals surface area (Å²) in [5, 5.41) is 10.0. The van der Waals surface area contributed by atoms with Crippen LogP contribution >= 0.6 is 0 Å². The highest BCUT2D eigenvalue weighted by Gasteiger charge is 2.38. The largest absolute Gasteiger partial charge is 0.401 e. The van der Waals surface area contributed by atoms with Crippen LogP contribution in [-0.2, 0) is 0 Å². The van der Waals surface area contributed by atoms with Crippen molar-refractivity contribution >= 4 is 5.69 Å². The summed E-state index contributed by atoms with van der Waals surface area (Å²) in [6.45, 7) is -0.995. The SMILES string of the molecule is Nc1cccc(C(O)CN(CC(F)(F)F)C2CC2)c1. The second-order valence-corrected chi connectivity index (χ2v) is 4.96. The Balaban J connectivity index is 2.00. The molecule has 6 heteroatoms. The van der Waals surface area contributed by atoms with Crippen LogP contribution in [0.3, 0.4) is 0 Å². The molecule has 0 spiro atoms. The van der Waals surface area contributed by atoms with E-state index in [2.05, 4.69) is 0 Å². The molecule has 1 saturated carbocycles. The van der Waals surface area contributed by atoms with Gasteiger partial charge in [0.15, 0.2) is 0 Å². The average Bonchev–Trinajstić information content (AvgIpc) is 3.10. The fourth-order valence-electron chi connectivity index (χ4n) is 2.11. The highest BCUT2D eigenvalue weighted by Crippen LogP contribution is 2.31. The van der Waals surface area contributed by atoms with Crippen LogP contribution in [0.25, 0.3) is 0 Å². The summed E-state index contributed by atoms with van der Waals surface area (Å²) in [6, 6.07) is 6.55. The fourth-order valence-corrected chi connectivity index (χ4v) is 2.11. The Labute approximate surface area is 109 Å². The average molecular weight is 274 g/mol. The van der Waals surface area contributed by atoms with Crippen molar-refractivity contribution < 1.29 is 18.3 Å². The lowest BCUT2D eigenvalue weighted by Crippen LogP contribution is -2.38. The number of anilines is 1. The van der Waals surface area contributed by atoms with Crippen molar-refractivity contribution in [1.29, 1.82) is 0 Å². The Morgan fingerprint density at radius 1 is 1.37 bits per heavy atom. The number of rotatable bonds is 5. The molecule has 2 rings (SSSR count). The molecular formula is C13H17F3N2O. The Kier molecular flexibility index (Phi) is 4.01. The lowest BCUT2D eigenvalue weighted by molar-refractivity contribution is -0.149. The van der Waals surface area contributed by atoms with E-state index in [0.717, 1.165) is 12.8 Å². The molecule has 1 atom stereocenters. The first-order chi connectivity index (χ1) is 8.85. The lowest BCUT2D eigenvalue weighted by atomic mass is 10.1. The van der Waals surface area contributed by atoms with Gasteiger partial charge < -0.3 is 10.8 Å². The fraction of sp³-hybridized carbons (Fsp3) is 0.538. The molecule has 0 aromatic heterocycles. The molecule has 1 unspecified atom stereocenters. The van der Waals surface area contributed by atoms with Gasteiger partial charge in [-0.2, -0.15) is 13.2 Å². The molecular weight excluding hydrogens is 257 g/mol. The van der Waals surface area contributed by atoms with Crippen LogP contribution in [0.15, 0.2) is 24.3 Å². The summed E-state index contributed by atoms with van der Waals surface area (Å²) in [6.07, 6.45) is -3.66. The van der Waals surface area contributed by atoms with Crippen LogP contribution in [0.1, 0.15) is 24.5 Å². The van der Waals surface area contributed by atoms with Gasteiger partial charge in [0.2, 0.25) is 0 Å². The normalized spacial score (nSPS) is 17.7. The summed E-state index contributed by atoms with van der Waals surface area (Å²) in [7, 11) is 0. The molecule has 0 aliphatic heterocycles. The third-order valence-electron chi connectivity index (χ3n) is 3.15. The van der Waals surface area contributed by atoms with E-state index in [0.29, 0.717) is 11.3 Å². The number of nitrogens with two attached hydrogens (primary N) is 1. The van der Waals surface area contributed by atoms with E-state index in [4.69, 9.17) is 5.73 Å². The van der Waals surface area contributed by atoms with Crippen LogP contribution in [0, 0.1) is 0 Å². The van der Waals surface area contributed by atoms with Crippen molar-refractivity contribution in [3.05, 3.63) is 29.8 Å². The number of nitrogens with zero attached hydrogens (tertiary/aromatic N) is 1. The Bertz CT molecular complexity index is 432. The number of hydrogen-bond donors (Lipinski definition) is 2. The van der Waals surface area contributed by atoms with E-state index in [1.54, 1.807) is 24.3 Å². The molecule has 1 aliphatic rings. The topological polar surface area (TPSA) is 49.5 Å². The third-order valence-corrected chi connectivity index (χ3v) is 3.15. The van der Waals surface area contributed by atoms with Gasteiger partial charge in [0, 0.05) is 18.3 Å². The molecule has 1 fully saturated rings. The van der Waals surface area contributed by atoms with E-state index in [1.165, 1.54) is 4.90 Å². The summed E-state index contributed by atoms with van der Waals surface area (Å²) in [5.41, 5.74) is 6.64. The second-order valence-electron chi connectivity index (χ2n) is 4.96. The molecule has 0 bridgehead atoms. The number of benzene rings is 1. The Hall–Kier alpha value is -1.27. The van der Waals surface area contributed by atoms with Crippen molar-refractivity contribution in [3.8, 4) is 0 Å². The zero-order valence-electron chi connectivity index (χ0n) is 10.4. The molecule has 0 heterocycles. The molecule has 1 aliphatic carbocycles. The molecule has 1 aromatic rings. The third kappa shape index (κ3) is 4.40. The summed E-state index contributed by atoms with van der Waals surface area (Å²) in [5.74, 6) is 0. The maximum absolute atomic E-state index is 12.5. The first-order valence-corrected chi connectivity index (χ1v) is 6.19. The zero-order valence-corrected chi connectivity index (χ0v) is 10.4. The smallest absolute Gasteiger partial charge is 0.399 e. The van der Waals surface area contributed by atoms with E-state index in [9.17, 15) is 18.3 Å². The molecule has 106 valence electrons. The van der Waals surface area contributed by atoms with Gasteiger partial charge in [0.25, 0.3) is 0 Å². The molecule has 3 nitrogen and oxygen atoms in total. The summed E-state index contributed by atoms with van der Waals surface area (Å²) >= 11 is 0. The highest BCUT2D eigenvalue weighted by atomic mass is 19.4. The van der Waals surface area contributed by atoms with E-state index in [1.807, 2.05) is 0 Å². The summed E-state index contributed by atoms with van der Waals surface area (Å²) in [4.78, 5) is 1.30. The van der Waals surface area contributed by atoms with Crippen molar-refractivity contribution in [1.82, 2.24) is 4.90 Å². The van der Waals surface area contributed by atoms with Crippen LogP contribution in [0.2, 0.25) is 0 Å². The Morgan fingerprint density at radius 2 is 2.05 bits per heavy atom. The molecule has 3 N–H and O–H groups in total. The van der Waals surface area contributed by atoms with Crippen LogP contribution in [0.5, 0.6) is 0 Å². The van der Waals surface area contributed by atoms with Crippen molar-refractivity contribution in [2.75, 3.05) is 18.8 Å². The maximum atomic E-state index is 12.5. The van der Waals surface area contributed by atoms with E-state index >= 15 is 0 Å². The first-order valence-electron chi connectivity index (χ1n) is 6.19. The van der Waals surface area contributed by atoms with Gasteiger partial charge in [-0.05, 0) is 30.5 Å². The maximum Gasteiger partial charge on any atom is 0.401 e. The van der Waals surface area contributed by atoms with Gasteiger partial charge >= 0.3 is 6.18 Å². The van der Waals surface area contributed by atoms with Crippen LogP contribution in [0.4, 0.5) is 18.9 Å². The van der Waals surface area contributed by atoms with Crippen molar-refractivity contribution in [2.24, 2.45) is 0 Å². The minimum atomic E-state index is -4.24. The number of nitrogen functional groups attached to an aromatic ring is 1.